The summed E-state index contributed by atoms with van der Waals surface area (Å²) in [5.74, 6) is -1.32. The smallest absolute Gasteiger partial charge is 0.277 e. The van der Waals surface area contributed by atoms with Crippen LogP contribution in [0.15, 0.2) is 30.3 Å². The molecular formula is C17H16Cl2FIN2O3. The first-order valence-electron chi connectivity index (χ1n) is 7.63. The van der Waals surface area contributed by atoms with E-state index in [2.05, 4.69) is 33.4 Å². The van der Waals surface area contributed by atoms with Crippen LogP contribution in [0.2, 0.25) is 10.0 Å². The molecule has 0 aliphatic rings. The third-order valence-corrected chi connectivity index (χ3v) is 4.76. The van der Waals surface area contributed by atoms with Crippen molar-refractivity contribution in [2.75, 3.05) is 11.9 Å². The molecule has 0 bridgehead atoms. The Hall–Kier alpha value is -1.13. The Morgan fingerprint density at radius 2 is 2.00 bits per heavy atom. The maximum atomic E-state index is 13.9. The van der Waals surface area contributed by atoms with Gasteiger partial charge in [-0.15, -0.1) is 0 Å². The first-order chi connectivity index (χ1) is 12.3. The van der Waals surface area contributed by atoms with Gasteiger partial charge < -0.3 is 10.4 Å². The molecule has 26 heavy (non-hydrogen) atoms. The Bertz CT molecular complexity index is 804. The number of hydrogen-bond acceptors (Lipinski definition) is 4. The van der Waals surface area contributed by atoms with E-state index in [0.29, 0.717) is 17.1 Å². The lowest BCUT2D eigenvalue weighted by molar-refractivity contribution is -0.0408. The van der Waals surface area contributed by atoms with Crippen molar-refractivity contribution in [1.82, 2.24) is 5.48 Å². The number of halogens is 4. The van der Waals surface area contributed by atoms with Gasteiger partial charge in [0, 0.05) is 3.57 Å². The molecule has 0 saturated heterocycles. The number of aliphatic hydroxyl groups is 1. The number of carbonyl (C=O) groups is 1. The second-order valence-corrected chi connectivity index (χ2v) is 7.38. The van der Waals surface area contributed by atoms with Crippen LogP contribution in [0.1, 0.15) is 23.7 Å². The molecule has 1 amide bonds. The topological polar surface area (TPSA) is 70.6 Å². The van der Waals surface area contributed by atoms with E-state index in [1.54, 1.807) is 19.1 Å². The van der Waals surface area contributed by atoms with Gasteiger partial charge >= 0.3 is 0 Å². The Labute approximate surface area is 173 Å². The van der Waals surface area contributed by atoms with Crippen molar-refractivity contribution < 1.29 is 19.1 Å². The maximum Gasteiger partial charge on any atom is 0.277 e. The SMILES string of the molecule is CCC(CO)ONC(=O)c1cc(Cl)c(F)cc1Nc1ccc(I)cc1Cl. The van der Waals surface area contributed by atoms with E-state index in [-0.39, 0.29) is 22.9 Å². The molecule has 1 unspecified atom stereocenters. The third-order valence-electron chi connectivity index (χ3n) is 3.48. The van der Waals surface area contributed by atoms with Crippen molar-refractivity contribution >= 4 is 63.1 Å². The number of aliphatic hydroxyl groups excluding tert-OH is 1. The molecule has 0 heterocycles. The van der Waals surface area contributed by atoms with E-state index in [9.17, 15) is 9.18 Å². The average Bonchev–Trinajstić information content (AvgIpc) is 2.61. The molecule has 5 nitrogen and oxygen atoms in total. The van der Waals surface area contributed by atoms with Gasteiger partial charge in [-0.25, -0.2) is 9.87 Å². The molecule has 140 valence electrons. The van der Waals surface area contributed by atoms with Crippen molar-refractivity contribution in [1.29, 1.82) is 0 Å². The van der Waals surface area contributed by atoms with Crippen LogP contribution in [0.3, 0.4) is 0 Å². The zero-order valence-electron chi connectivity index (χ0n) is 13.7. The fraction of sp³-hybridized carbons (Fsp3) is 0.235. The molecule has 1 atom stereocenters. The molecule has 2 aromatic carbocycles. The minimum absolute atomic E-state index is 0.0683. The molecule has 0 aliphatic heterocycles. The zero-order valence-corrected chi connectivity index (χ0v) is 17.3. The molecule has 3 N–H and O–H groups in total. The van der Waals surface area contributed by atoms with Gasteiger partial charge in [-0.05, 0) is 59.3 Å². The minimum atomic E-state index is -0.685. The van der Waals surface area contributed by atoms with Crippen LogP contribution in [0.5, 0.6) is 0 Å². The minimum Gasteiger partial charge on any atom is -0.394 e. The first kappa shape index (κ1) is 21.2. The summed E-state index contributed by atoms with van der Waals surface area (Å²) in [5, 5.41) is 12.3. The number of benzene rings is 2. The monoisotopic (exact) mass is 512 g/mol. The van der Waals surface area contributed by atoms with Crippen molar-refractivity contribution in [3.05, 3.63) is 55.3 Å². The van der Waals surface area contributed by atoms with E-state index in [4.69, 9.17) is 33.1 Å². The summed E-state index contributed by atoms with van der Waals surface area (Å²) in [6, 6.07) is 7.56. The zero-order chi connectivity index (χ0) is 19.3. The number of hydroxylamine groups is 1. The lowest BCUT2D eigenvalue weighted by atomic mass is 10.1. The third kappa shape index (κ3) is 5.43. The molecule has 2 aromatic rings. The highest BCUT2D eigenvalue weighted by molar-refractivity contribution is 14.1. The summed E-state index contributed by atoms with van der Waals surface area (Å²) in [5.41, 5.74) is 2.99. The molecule has 0 aromatic heterocycles. The summed E-state index contributed by atoms with van der Waals surface area (Å²) in [4.78, 5) is 17.6. The van der Waals surface area contributed by atoms with Crippen molar-refractivity contribution in [2.45, 2.75) is 19.4 Å². The summed E-state index contributed by atoms with van der Waals surface area (Å²) < 4.78 is 14.8. The molecule has 0 aliphatic carbocycles. The van der Waals surface area contributed by atoms with Crippen LogP contribution in [0.4, 0.5) is 15.8 Å². The van der Waals surface area contributed by atoms with Gasteiger partial charge in [0.25, 0.3) is 5.91 Å². The number of anilines is 2. The first-order valence-corrected chi connectivity index (χ1v) is 9.47. The van der Waals surface area contributed by atoms with E-state index in [1.807, 2.05) is 6.07 Å². The highest BCUT2D eigenvalue weighted by Gasteiger charge is 2.18. The molecular weight excluding hydrogens is 497 g/mol. The van der Waals surface area contributed by atoms with Crippen LogP contribution in [-0.4, -0.2) is 23.7 Å². The van der Waals surface area contributed by atoms with Gasteiger partial charge in [-0.1, -0.05) is 30.1 Å². The quantitative estimate of drug-likeness (QED) is 0.364. The van der Waals surface area contributed by atoms with Crippen LogP contribution >= 0.6 is 45.8 Å². The van der Waals surface area contributed by atoms with E-state index in [1.165, 1.54) is 6.07 Å². The van der Waals surface area contributed by atoms with Gasteiger partial charge in [-0.2, -0.15) is 0 Å². The lowest BCUT2D eigenvalue weighted by Gasteiger charge is -2.16. The van der Waals surface area contributed by atoms with Crippen LogP contribution in [0, 0.1) is 9.39 Å². The average molecular weight is 513 g/mol. The van der Waals surface area contributed by atoms with Gasteiger partial charge in [-0.3, -0.25) is 9.63 Å². The largest absolute Gasteiger partial charge is 0.394 e. The molecule has 0 radical (unpaired) electrons. The molecule has 9 heteroatoms. The number of nitrogens with one attached hydrogen (secondary N) is 2. The van der Waals surface area contributed by atoms with Crippen molar-refractivity contribution in [2.24, 2.45) is 0 Å². The summed E-state index contributed by atoms with van der Waals surface area (Å²) >= 11 is 14.1. The van der Waals surface area contributed by atoms with E-state index < -0.39 is 17.8 Å². The van der Waals surface area contributed by atoms with E-state index >= 15 is 0 Å². The van der Waals surface area contributed by atoms with Crippen LogP contribution in [0.25, 0.3) is 0 Å². The Morgan fingerprint density at radius 1 is 1.27 bits per heavy atom. The Balaban J connectivity index is 2.30. The van der Waals surface area contributed by atoms with Crippen molar-refractivity contribution in [3.8, 4) is 0 Å². The highest BCUT2D eigenvalue weighted by Crippen LogP contribution is 2.31. The predicted molar refractivity (Wildman–Crippen MR) is 109 cm³/mol. The predicted octanol–water partition coefficient (Wildman–Crippen LogP) is 4.91. The number of amides is 1. The van der Waals surface area contributed by atoms with Crippen LogP contribution < -0.4 is 10.8 Å². The van der Waals surface area contributed by atoms with E-state index in [0.717, 1.165) is 9.64 Å². The molecule has 0 fully saturated rings. The van der Waals surface area contributed by atoms with Gasteiger partial charge in [0.2, 0.25) is 0 Å². The van der Waals surface area contributed by atoms with Gasteiger partial charge in [0.05, 0.1) is 33.6 Å². The molecule has 2 rings (SSSR count). The second-order valence-electron chi connectivity index (χ2n) is 5.32. The Morgan fingerprint density at radius 3 is 2.62 bits per heavy atom. The number of rotatable bonds is 7. The summed E-state index contributed by atoms with van der Waals surface area (Å²) in [6.07, 6.45) is -0.0402. The standard InChI is InChI=1S/C17H16Cl2FIN2O3/c1-2-10(8-24)26-23-17(25)11-6-12(18)14(20)7-16(11)22-15-4-3-9(21)5-13(15)19/h3-7,10,22,24H,2,8H2,1H3,(H,23,25). The second kappa shape index (κ2) is 9.70. The van der Waals surface area contributed by atoms with Gasteiger partial charge in [0.15, 0.2) is 0 Å². The summed E-state index contributed by atoms with van der Waals surface area (Å²) in [6.45, 7) is 1.55. The van der Waals surface area contributed by atoms with Crippen LogP contribution in [-0.2, 0) is 4.84 Å². The number of hydrogen-bond donors (Lipinski definition) is 3. The summed E-state index contributed by atoms with van der Waals surface area (Å²) in [7, 11) is 0. The fourth-order valence-corrected chi connectivity index (χ4v) is 3.08. The number of carbonyl (C=O) groups excluding carboxylic acids is 1. The Kier molecular flexibility index (Phi) is 7.90. The normalized spacial score (nSPS) is 11.9. The van der Waals surface area contributed by atoms with Gasteiger partial charge in [0.1, 0.15) is 11.9 Å². The molecule has 0 spiro atoms. The highest BCUT2D eigenvalue weighted by atomic mass is 127. The molecule has 0 saturated carbocycles. The lowest BCUT2D eigenvalue weighted by Crippen LogP contribution is -2.31. The van der Waals surface area contributed by atoms with Crippen molar-refractivity contribution in [3.63, 3.8) is 0 Å². The fourth-order valence-electron chi connectivity index (χ4n) is 2.02. The maximum absolute atomic E-state index is 13.9.